The average Bonchev–Trinajstić information content (AvgIpc) is 3.09. The van der Waals surface area contributed by atoms with E-state index in [1.807, 2.05) is 12.1 Å². The molecule has 1 aromatic heterocycles. The molecule has 1 saturated carbocycles. The van der Waals surface area contributed by atoms with Crippen LogP contribution in [0.4, 0.5) is 5.69 Å². The van der Waals surface area contributed by atoms with Gasteiger partial charge in [-0.1, -0.05) is 11.6 Å². The van der Waals surface area contributed by atoms with E-state index in [2.05, 4.69) is 5.32 Å². The van der Waals surface area contributed by atoms with Crippen molar-refractivity contribution in [1.82, 2.24) is 0 Å². The summed E-state index contributed by atoms with van der Waals surface area (Å²) in [5, 5.41) is 4.44. The van der Waals surface area contributed by atoms with Crippen LogP contribution in [0.1, 0.15) is 13.3 Å². The molecule has 0 saturated heterocycles. The SMILES string of the molecule is C[C@]1(C(=O)Nc2ccc3sc4ccc(Cl)cc4c(=O)c3c2)CC1(Cl)Cl. The maximum Gasteiger partial charge on any atom is 0.233 e. The topological polar surface area (TPSA) is 46.2 Å². The number of amides is 1. The van der Waals surface area contributed by atoms with Crippen molar-refractivity contribution in [2.45, 2.75) is 17.7 Å². The summed E-state index contributed by atoms with van der Waals surface area (Å²) in [5.41, 5.74) is -0.380. The van der Waals surface area contributed by atoms with Crippen LogP contribution in [0.2, 0.25) is 5.02 Å². The van der Waals surface area contributed by atoms with Crippen molar-refractivity contribution in [3.8, 4) is 0 Å². The first kappa shape index (κ1) is 17.1. The molecule has 1 atom stereocenters. The zero-order valence-electron chi connectivity index (χ0n) is 13.0. The minimum absolute atomic E-state index is 0.107. The smallest absolute Gasteiger partial charge is 0.233 e. The molecule has 0 aliphatic heterocycles. The Balaban J connectivity index is 1.77. The molecule has 1 aliphatic carbocycles. The van der Waals surface area contributed by atoms with Gasteiger partial charge in [-0.15, -0.1) is 34.5 Å². The van der Waals surface area contributed by atoms with E-state index in [4.69, 9.17) is 34.8 Å². The molecule has 3 aromatic rings. The number of anilines is 1. The minimum atomic E-state index is -1.04. The molecule has 7 heteroatoms. The van der Waals surface area contributed by atoms with Crippen molar-refractivity contribution in [1.29, 1.82) is 0 Å². The Labute approximate surface area is 162 Å². The van der Waals surface area contributed by atoms with E-state index in [0.717, 1.165) is 9.40 Å². The van der Waals surface area contributed by atoms with Crippen LogP contribution in [0.15, 0.2) is 41.2 Å². The summed E-state index contributed by atoms with van der Waals surface area (Å²) in [5.74, 6) is -0.253. The predicted molar refractivity (Wildman–Crippen MR) is 106 cm³/mol. The number of nitrogens with one attached hydrogen (secondary N) is 1. The van der Waals surface area contributed by atoms with Gasteiger partial charge in [0.1, 0.15) is 4.33 Å². The summed E-state index contributed by atoms with van der Waals surface area (Å²) in [6, 6.07) is 10.6. The number of hydrogen-bond acceptors (Lipinski definition) is 3. The molecular weight excluding hydrogens is 401 g/mol. The summed E-state index contributed by atoms with van der Waals surface area (Å²) >= 11 is 19.6. The monoisotopic (exact) mass is 411 g/mol. The van der Waals surface area contributed by atoms with Crippen LogP contribution in [-0.2, 0) is 4.79 Å². The first-order valence-corrected chi connectivity index (χ1v) is 9.52. The first-order valence-electron chi connectivity index (χ1n) is 7.57. The van der Waals surface area contributed by atoms with Crippen molar-refractivity contribution in [3.63, 3.8) is 0 Å². The lowest BCUT2D eigenvalue weighted by molar-refractivity contribution is -0.120. The maximum atomic E-state index is 12.8. The van der Waals surface area contributed by atoms with E-state index >= 15 is 0 Å². The van der Waals surface area contributed by atoms with Crippen LogP contribution in [0.25, 0.3) is 20.2 Å². The Bertz CT molecular complexity index is 1110. The Kier molecular flexibility index (Phi) is 3.82. The van der Waals surface area contributed by atoms with E-state index < -0.39 is 9.75 Å². The highest BCUT2D eigenvalue weighted by atomic mass is 35.5. The Morgan fingerprint density at radius 2 is 1.72 bits per heavy atom. The number of rotatable bonds is 2. The molecule has 1 aliphatic rings. The molecular formula is C18H12Cl3NO2S. The van der Waals surface area contributed by atoms with E-state index in [1.165, 1.54) is 11.3 Å². The molecule has 25 heavy (non-hydrogen) atoms. The zero-order chi connectivity index (χ0) is 18.0. The van der Waals surface area contributed by atoms with Gasteiger partial charge < -0.3 is 5.32 Å². The van der Waals surface area contributed by atoms with E-state index in [0.29, 0.717) is 27.9 Å². The average molecular weight is 413 g/mol. The molecule has 0 radical (unpaired) electrons. The standard InChI is InChI=1S/C18H12Cl3NO2S/c1-17(8-18(17,20)21)16(24)22-10-3-5-14-12(7-10)15(23)11-6-9(19)2-4-13(11)25-14/h2-7H,8H2,1H3,(H,22,24)/t17-/m1/s1. The number of carbonyl (C=O) groups is 1. The van der Waals surface area contributed by atoms with Crippen molar-refractivity contribution in [2.75, 3.05) is 5.32 Å². The van der Waals surface area contributed by atoms with Crippen molar-refractivity contribution in [2.24, 2.45) is 5.41 Å². The third kappa shape index (κ3) is 2.72. The summed E-state index contributed by atoms with van der Waals surface area (Å²) in [4.78, 5) is 25.2. The highest BCUT2D eigenvalue weighted by Crippen LogP contribution is 2.64. The number of hydrogen-bond donors (Lipinski definition) is 1. The molecule has 3 nitrogen and oxygen atoms in total. The predicted octanol–water partition coefficient (Wildman–Crippen LogP) is 5.59. The van der Waals surface area contributed by atoms with Gasteiger partial charge in [-0.2, -0.15) is 0 Å². The van der Waals surface area contributed by atoms with Crippen molar-refractivity contribution >= 4 is 77.9 Å². The number of alkyl halides is 2. The second kappa shape index (κ2) is 5.58. The van der Waals surface area contributed by atoms with Crippen LogP contribution in [0.3, 0.4) is 0 Å². The Morgan fingerprint density at radius 1 is 1.12 bits per heavy atom. The number of benzene rings is 2. The van der Waals surface area contributed by atoms with Crippen LogP contribution in [-0.4, -0.2) is 10.2 Å². The lowest BCUT2D eigenvalue weighted by Crippen LogP contribution is -2.25. The summed E-state index contributed by atoms with van der Waals surface area (Å²) in [6.45, 7) is 1.72. The van der Waals surface area contributed by atoms with Gasteiger partial charge in [-0.25, -0.2) is 0 Å². The lowest BCUT2D eigenvalue weighted by atomic mass is 10.1. The summed E-state index contributed by atoms with van der Waals surface area (Å²) in [7, 11) is 0. The van der Waals surface area contributed by atoms with Crippen molar-refractivity contribution in [3.05, 3.63) is 51.6 Å². The third-order valence-corrected chi connectivity index (χ3v) is 7.14. The largest absolute Gasteiger partial charge is 0.325 e. The normalized spacial score (nSPS) is 21.4. The van der Waals surface area contributed by atoms with Gasteiger partial charge in [0.05, 0.1) is 5.41 Å². The van der Waals surface area contributed by atoms with Gasteiger partial charge in [-0.3, -0.25) is 9.59 Å². The maximum absolute atomic E-state index is 12.8. The van der Waals surface area contributed by atoms with Crippen molar-refractivity contribution < 1.29 is 4.79 Å². The van der Waals surface area contributed by atoms with Gasteiger partial charge in [0.2, 0.25) is 5.91 Å². The summed E-state index contributed by atoms with van der Waals surface area (Å²) in [6.07, 6.45) is 0.403. The van der Waals surface area contributed by atoms with Crippen LogP contribution in [0.5, 0.6) is 0 Å². The van der Waals surface area contributed by atoms with Crippen LogP contribution < -0.4 is 10.7 Å². The molecule has 1 amide bonds. The molecule has 0 spiro atoms. The number of halogens is 3. The van der Waals surface area contributed by atoms with Gasteiger partial charge in [-0.05, 0) is 49.7 Å². The molecule has 0 unspecified atom stereocenters. The van der Waals surface area contributed by atoms with Gasteiger partial charge in [0.15, 0.2) is 5.43 Å². The molecule has 4 rings (SSSR count). The fraction of sp³-hybridized carbons (Fsp3) is 0.222. The lowest BCUT2D eigenvalue weighted by Gasteiger charge is -2.13. The number of carbonyl (C=O) groups excluding carboxylic acids is 1. The highest BCUT2D eigenvalue weighted by Gasteiger charge is 2.67. The number of fused-ring (bicyclic) bond motifs is 2. The second-order valence-corrected chi connectivity index (χ2v) is 9.45. The Hall–Kier alpha value is -1.33. The molecule has 0 bridgehead atoms. The Morgan fingerprint density at radius 3 is 2.36 bits per heavy atom. The fourth-order valence-corrected chi connectivity index (χ4v) is 4.73. The van der Waals surface area contributed by atoms with Gasteiger partial charge in [0, 0.05) is 30.9 Å². The van der Waals surface area contributed by atoms with E-state index in [-0.39, 0.29) is 11.3 Å². The zero-order valence-corrected chi connectivity index (χ0v) is 16.1. The van der Waals surface area contributed by atoms with E-state index in [1.54, 1.807) is 31.2 Å². The first-order chi connectivity index (χ1) is 11.7. The quantitative estimate of drug-likeness (QED) is 0.440. The summed E-state index contributed by atoms with van der Waals surface area (Å²) < 4.78 is 0.685. The van der Waals surface area contributed by atoms with Gasteiger partial charge in [0.25, 0.3) is 0 Å². The molecule has 128 valence electrons. The molecule has 1 N–H and O–H groups in total. The highest BCUT2D eigenvalue weighted by molar-refractivity contribution is 7.24. The third-order valence-electron chi connectivity index (χ3n) is 4.65. The minimum Gasteiger partial charge on any atom is -0.325 e. The second-order valence-electron chi connectivity index (χ2n) is 6.45. The van der Waals surface area contributed by atoms with Gasteiger partial charge >= 0.3 is 0 Å². The van der Waals surface area contributed by atoms with E-state index in [9.17, 15) is 9.59 Å². The van der Waals surface area contributed by atoms with Crippen LogP contribution >= 0.6 is 46.1 Å². The fourth-order valence-electron chi connectivity index (χ4n) is 2.82. The van der Waals surface area contributed by atoms with Crippen LogP contribution in [0, 0.1) is 5.41 Å². The molecule has 1 fully saturated rings. The molecule has 1 heterocycles. The molecule has 2 aromatic carbocycles.